The van der Waals surface area contributed by atoms with Gasteiger partial charge in [-0.15, -0.1) is 11.3 Å². The van der Waals surface area contributed by atoms with Gasteiger partial charge in [0.25, 0.3) is 0 Å². The third-order valence-electron chi connectivity index (χ3n) is 2.65. The lowest BCUT2D eigenvalue weighted by atomic mass is 10.2. The first-order valence-electron chi connectivity index (χ1n) is 6.18. The molecule has 2 rings (SSSR count). The molecule has 0 saturated carbocycles. The van der Waals surface area contributed by atoms with Gasteiger partial charge >= 0.3 is 0 Å². The Morgan fingerprint density at radius 2 is 2.21 bits per heavy atom. The predicted molar refractivity (Wildman–Crippen MR) is 84.0 cm³/mol. The summed E-state index contributed by atoms with van der Waals surface area (Å²) in [6, 6.07) is 7.92. The van der Waals surface area contributed by atoms with Crippen LogP contribution in [0.5, 0.6) is 5.75 Å². The van der Waals surface area contributed by atoms with E-state index < -0.39 is 0 Å². The minimum atomic E-state index is 0.418. The maximum atomic E-state index is 5.74. The van der Waals surface area contributed by atoms with Gasteiger partial charge in [0, 0.05) is 5.56 Å². The number of nitrogens with two attached hydrogens (primary N) is 1. The molecular weight excluding hydrogens is 276 g/mol. The van der Waals surface area contributed by atoms with Gasteiger partial charge in [-0.05, 0) is 25.5 Å². The number of thiazole rings is 1. The van der Waals surface area contributed by atoms with E-state index in [1.165, 1.54) is 11.3 Å². The Morgan fingerprint density at radius 3 is 2.79 bits per heavy atom. The summed E-state index contributed by atoms with van der Waals surface area (Å²) in [4.78, 5) is 5.95. The molecule has 0 atom stereocenters. The van der Waals surface area contributed by atoms with E-state index in [1.54, 1.807) is 0 Å². The van der Waals surface area contributed by atoms with Crippen molar-refractivity contribution in [3.63, 3.8) is 0 Å². The largest absolute Gasteiger partial charge is 0.494 e. The molecule has 100 valence electrons. The third kappa shape index (κ3) is 3.11. The molecule has 5 heteroatoms. The summed E-state index contributed by atoms with van der Waals surface area (Å²) in [7, 11) is 0. The molecule has 0 bridgehead atoms. The normalized spacial score (nSPS) is 10.4. The van der Waals surface area contributed by atoms with Crippen molar-refractivity contribution in [2.24, 2.45) is 5.73 Å². The topological polar surface area (TPSA) is 48.1 Å². The zero-order valence-corrected chi connectivity index (χ0v) is 12.6. The fourth-order valence-electron chi connectivity index (χ4n) is 1.79. The van der Waals surface area contributed by atoms with Crippen LogP contribution in [0.25, 0.3) is 10.6 Å². The Kier molecular flexibility index (Phi) is 4.50. The number of thiocarbonyl (C=S) groups is 1. The second-order valence-corrected chi connectivity index (χ2v) is 5.41. The van der Waals surface area contributed by atoms with Gasteiger partial charge in [-0.2, -0.15) is 0 Å². The highest BCUT2D eigenvalue weighted by Crippen LogP contribution is 2.30. The van der Waals surface area contributed by atoms with Crippen LogP contribution in [0, 0.1) is 0 Å². The average molecular weight is 292 g/mol. The summed E-state index contributed by atoms with van der Waals surface area (Å²) in [5, 5.41) is 0.932. The van der Waals surface area contributed by atoms with Crippen LogP contribution in [-0.2, 0) is 6.42 Å². The molecule has 2 aromatic rings. The predicted octanol–water partition coefficient (Wildman–Crippen LogP) is 3.41. The van der Waals surface area contributed by atoms with Crippen LogP contribution in [0.15, 0.2) is 24.3 Å². The zero-order valence-electron chi connectivity index (χ0n) is 11.0. The molecule has 0 unspecified atom stereocenters. The van der Waals surface area contributed by atoms with Crippen LogP contribution >= 0.6 is 23.6 Å². The highest BCUT2D eigenvalue weighted by molar-refractivity contribution is 7.81. The Hall–Kier alpha value is -1.46. The Balaban J connectivity index is 2.41. The first kappa shape index (κ1) is 14.0. The van der Waals surface area contributed by atoms with Crippen LogP contribution in [-0.4, -0.2) is 16.6 Å². The maximum absolute atomic E-state index is 5.74. The van der Waals surface area contributed by atoms with E-state index in [-0.39, 0.29) is 0 Å². The molecule has 0 aliphatic heterocycles. The standard InChI is InChI=1S/C14H16N2OS2/c1-3-11-12(13(15)18)19-14(16-11)9-6-5-7-10(8-9)17-4-2/h5-8H,3-4H2,1-2H3,(H2,15,18). The van der Waals surface area contributed by atoms with E-state index in [9.17, 15) is 0 Å². The van der Waals surface area contributed by atoms with Crippen LogP contribution in [0.1, 0.15) is 24.4 Å². The SMILES string of the molecule is CCOc1cccc(-c2nc(CC)c(C(N)=S)s2)c1. The molecule has 0 amide bonds. The highest BCUT2D eigenvalue weighted by Gasteiger charge is 2.13. The van der Waals surface area contributed by atoms with Crippen molar-refractivity contribution in [1.82, 2.24) is 4.98 Å². The number of hydrogen-bond acceptors (Lipinski definition) is 4. The van der Waals surface area contributed by atoms with Crippen molar-refractivity contribution < 1.29 is 4.74 Å². The molecule has 0 saturated heterocycles. The lowest BCUT2D eigenvalue weighted by Gasteiger charge is -2.03. The quantitative estimate of drug-likeness (QED) is 0.858. The summed E-state index contributed by atoms with van der Waals surface area (Å²) < 4.78 is 5.51. The summed E-state index contributed by atoms with van der Waals surface area (Å²) in [5.74, 6) is 0.852. The molecule has 0 aliphatic carbocycles. The molecule has 1 heterocycles. The molecule has 0 spiro atoms. The smallest absolute Gasteiger partial charge is 0.124 e. The zero-order chi connectivity index (χ0) is 13.8. The van der Waals surface area contributed by atoms with Crippen molar-refractivity contribution in [3.8, 4) is 16.3 Å². The second-order valence-electron chi connectivity index (χ2n) is 3.97. The minimum absolute atomic E-state index is 0.418. The summed E-state index contributed by atoms with van der Waals surface area (Å²) in [5.41, 5.74) is 7.74. The van der Waals surface area contributed by atoms with E-state index in [0.29, 0.717) is 11.6 Å². The monoisotopic (exact) mass is 292 g/mol. The van der Waals surface area contributed by atoms with Gasteiger partial charge in [0.1, 0.15) is 15.7 Å². The average Bonchev–Trinajstić information content (AvgIpc) is 2.84. The first-order chi connectivity index (χ1) is 9.15. The van der Waals surface area contributed by atoms with Crippen molar-refractivity contribution in [2.45, 2.75) is 20.3 Å². The van der Waals surface area contributed by atoms with Gasteiger partial charge in [0.2, 0.25) is 0 Å². The lowest BCUT2D eigenvalue weighted by Crippen LogP contribution is -2.09. The Morgan fingerprint density at radius 1 is 1.42 bits per heavy atom. The van der Waals surface area contributed by atoms with E-state index >= 15 is 0 Å². The maximum Gasteiger partial charge on any atom is 0.124 e. The summed E-state index contributed by atoms with van der Waals surface area (Å²) in [6.45, 7) is 4.67. The fraction of sp³-hybridized carbons (Fsp3) is 0.286. The second kappa shape index (κ2) is 6.12. The molecular formula is C14H16N2OS2. The molecule has 19 heavy (non-hydrogen) atoms. The number of hydrogen-bond donors (Lipinski definition) is 1. The van der Waals surface area contributed by atoms with Crippen LogP contribution in [0.2, 0.25) is 0 Å². The van der Waals surface area contributed by atoms with Crippen molar-refractivity contribution >= 4 is 28.5 Å². The fourth-order valence-corrected chi connectivity index (χ4v) is 3.04. The molecule has 0 aliphatic rings. The number of ether oxygens (including phenoxy) is 1. The van der Waals surface area contributed by atoms with E-state index in [1.807, 2.05) is 31.2 Å². The highest BCUT2D eigenvalue weighted by atomic mass is 32.1. The van der Waals surface area contributed by atoms with E-state index in [4.69, 9.17) is 22.7 Å². The van der Waals surface area contributed by atoms with Crippen molar-refractivity contribution in [1.29, 1.82) is 0 Å². The van der Waals surface area contributed by atoms with E-state index in [2.05, 4.69) is 11.9 Å². The molecule has 1 aromatic heterocycles. The number of rotatable bonds is 5. The number of aryl methyl sites for hydroxylation is 1. The van der Waals surface area contributed by atoms with Gasteiger partial charge in [0.05, 0.1) is 17.2 Å². The third-order valence-corrected chi connectivity index (χ3v) is 4.16. The molecule has 0 radical (unpaired) electrons. The van der Waals surface area contributed by atoms with Gasteiger partial charge in [0.15, 0.2) is 0 Å². The molecule has 0 fully saturated rings. The Labute approximate surface area is 122 Å². The lowest BCUT2D eigenvalue weighted by molar-refractivity contribution is 0.340. The minimum Gasteiger partial charge on any atom is -0.494 e. The molecule has 3 nitrogen and oxygen atoms in total. The first-order valence-corrected chi connectivity index (χ1v) is 7.40. The van der Waals surface area contributed by atoms with Gasteiger partial charge in [-0.25, -0.2) is 4.98 Å². The van der Waals surface area contributed by atoms with Gasteiger partial charge < -0.3 is 10.5 Å². The van der Waals surface area contributed by atoms with Crippen LogP contribution in [0.4, 0.5) is 0 Å². The Bertz CT molecular complexity index is 593. The van der Waals surface area contributed by atoms with Crippen LogP contribution < -0.4 is 10.5 Å². The molecule has 2 N–H and O–H groups in total. The van der Waals surface area contributed by atoms with Crippen molar-refractivity contribution in [3.05, 3.63) is 34.8 Å². The van der Waals surface area contributed by atoms with Gasteiger partial charge in [-0.1, -0.05) is 31.3 Å². The number of nitrogens with zero attached hydrogens (tertiary/aromatic N) is 1. The van der Waals surface area contributed by atoms with Crippen LogP contribution in [0.3, 0.4) is 0 Å². The van der Waals surface area contributed by atoms with Gasteiger partial charge in [-0.3, -0.25) is 0 Å². The van der Waals surface area contributed by atoms with Crippen molar-refractivity contribution in [2.75, 3.05) is 6.61 Å². The molecule has 1 aromatic carbocycles. The summed E-state index contributed by atoms with van der Waals surface area (Å²) >= 11 is 6.61. The summed E-state index contributed by atoms with van der Waals surface area (Å²) in [6.07, 6.45) is 0.828. The number of aromatic nitrogens is 1. The number of benzene rings is 1. The van der Waals surface area contributed by atoms with E-state index in [0.717, 1.165) is 33.3 Å².